The first-order chi connectivity index (χ1) is 20.2. The second-order valence-electron chi connectivity index (χ2n) is 11.2. The summed E-state index contributed by atoms with van der Waals surface area (Å²) in [4.78, 5) is 40.2. The van der Waals surface area contributed by atoms with E-state index >= 15 is 0 Å². The number of aliphatic hydroxyl groups is 2. The largest absolute Gasteiger partial charge is 0.445 e. The maximum atomic E-state index is 13.7. The third kappa shape index (κ3) is 11.7. The zero-order valence-electron chi connectivity index (χ0n) is 25.7. The van der Waals surface area contributed by atoms with Crippen LogP contribution < -0.4 is 10.6 Å². The van der Waals surface area contributed by atoms with Gasteiger partial charge >= 0.3 is 13.7 Å². The molecule has 4 N–H and O–H groups in total. The maximum absolute atomic E-state index is 13.7. The van der Waals surface area contributed by atoms with Crippen molar-refractivity contribution < 1.29 is 42.9 Å². The van der Waals surface area contributed by atoms with Crippen LogP contribution in [-0.2, 0) is 34.5 Å². The molecule has 0 aliphatic heterocycles. The Bertz CT molecular complexity index is 1110. The van der Waals surface area contributed by atoms with E-state index < -0.39 is 49.5 Å². The highest BCUT2D eigenvalue weighted by Gasteiger charge is 2.51. The van der Waals surface area contributed by atoms with Gasteiger partial charge in [-0.25, -0.2) is 4.79 Å². The van der Waals surface area contributed by atoms with Gasteiger partial charge in [-0.3, -0.25) is 14.2 Å². The number of benzene rings is 1. The summed E-state index contributed by atoms with van der Waals surface area (Å²) in [5, 5.41) is 28.2. The summed E-state index contributed by atoms with van der Waals surface area (Å²) >= 11 is 6.01. The summed E-state index contributed by atoms with van der Waals surface area (Å²) in [7, 11) is -1.35. The average molecular weight is 648 g/mol. The second kappa shape index (κ2) is 17.3. The van der Waals surface area contributed by atoms with E-state index in [1.165, 1.54) is 32.8 Å². The van der Waals surface area contributed by atoms with E-state index in [-0.39, 0.29) is 38.6 Å². The Morgan fingerprint density at radius 2 is 1.77 bits per heavy atom. The van der Waals surface area contributed by atoms with Crippen LogP contribution in [-0.4, -0.2) is 77.9 Å². The molecule has 1 aliphatic carbocycles. The predicted octanol–water partition coefficient (Wildman–Crippen LogP) is 4.41. The van der Waals surface area contributed by atoms with Crippen LogP contribution in [0.1, 0.15) is 71.3 Å². The normalized spacial score (nSPS) is 19.9. The van der Waals surface area contributed by atoms with Crippen LogP contribution in [0.25, 0.3) is 0 Å². The number of alkyl carbamates (subject to hydrolysis) is 1. The van der Waals surface area contributed by atoms with Gasteiger partial charge in [0.2, 0.25) is 17.7 Å². The molecule has 3 atom stereocenters. The minimum atomic E-state index is -4.38. The molecule has 3 amide bonds. The molecule has 0 spiro atoms. The number of nitrogens with zero attached hydrogens (tertiary/aromatic N) is 1. The molecule has 0 radical (unpaired) electrons. The zero-order chi connectivity index (χ0) is 32.2. The van der Waals surface area contributed by atoms with E-state index in [1.54, 1.807) is 24.3 Å². The molecule has 14 heteroatoms. The number of hydrogen-bond donors (Lipinski definition) is 4. The number of ether oxygens (including phenoxy) is 1. The van der Waals surface area contributed by atoms with Crippen LogP contribution >= 0.6 is 19.2 Å². The topological polar surface area (TPSA) is 164 Å². The molecule has 1 aromatic carbocycles. The SMILES string of the molecule is CCOP(=O)(OCC)C(O)C(O)(CCC(=O)N(C)C)NC(=O)C(CC1CCC(C)CC1)NC(=O)OCc1cccc(Cl)c1. The summed E-state index contributed by atoms with van der Waals surface area (Å²) in [6.45, 7) is 4.91. The third-order valence-electron chi connectivity index (χ3n) is 7.48. The summed E-state index contributed by atoms with van der Waals surface area (Å²) in [6, 6.07) is 5.61. The Kier molecular flexibility index (Phi) is 14.9. The molecule has 2 rings (SSSR count). The van der Waals surface area contributed by atoms with Crippen molar-refractivity contribution in [1.29, 1.82) is 0 Å². The van der Waals surface area contributed by atoms with Crippen LogP contribution in [0.15, 0.2) is 24.3 Å². The fraction of sp³-hybridized carbons (Fsp3) is 0.690. The Labute approximate surface area is 259 Å². The molecule has 3 unspecified atom stereocenters. The van der Waals surface area contributed by atoms with E-state index in [9.17, 15) is 29.2 Å². The van der Waals surface area contributed by atoms with Crippen molar-refractivity contribution in [1.82, 2.24) is 15.5 Å². The van der Waals surface area contributed by atoms with Gasteiger partial charge in [0.05, 0.1) is 13.2 Å². The first-order valence-electron chi connectivity index (χ1n) is 14.7. The van der Waals surface area contributed by atoms with Gasteiger partial charge in [-0.1, -0.05) is 56.3 Å². The Balaban J connectivity index is 2.31. The minimum Gasteiger partial charge on any atom is -0.445 e. The number of carbonyl (C=O) groups excluding carboxylic acids is 3. The summed E-state index contributed by atoms with van der Waals surface area (Å²) in [5.74, 6) is -2.83. The lowest BCUT2D eigenvalue weighted by molar-refractivity contribution is -0.143. The number of nitrogens with one attached hydrogen (secondary N) is 2. The van der Waals surface area contributed by atoms with Gasteiger partial charge in [0.1, 0.15) is 12.6 Å². The predicted molar refractivity (Wildman–Crippen MR) is 162 cm³/mol. The lowest BCUT2D eigenvalue weighted by Gasteiger charge is -2.38. The van der Waals surface area contributed by atoms with Crippen LogP contribution in [0.2, 0.25) is 5.02 Å². The van der Waals surface area contributed by atoms with Crippen LogP contribution in [0.4, 0.5) is 4.79 Å². The lowest BCUT2D eigenvalue weighted by Crippen LogP contribution is -2.61. The van der Waals surface area contributed by atoms with Gasteiger partial charge in [0.15, 0.2) is 5.72 Å². The molecular formula is C29H47ClN3O9P. The fourth-order valence-electron chi connectivity index (χ4n) is 4.97. The first-order valence-corrected chi connectivity index (χ1v) is 16.7. The zero-order valence-corrected chi connectivity index (χ0v) is 27.4. The van der Waals surface area contributed by atoms with Gasteiger partial charge in [0, 0.05) is 32.0 Å². The van der Waals surface area contributed by atoms with Crippen molar-refractivity contribution >= 4 is 37.1 Å². The van der Waals surface area contributed by atoms with E-state index in [4.69, 9.17) is 25.4 Å². The molecule has 244 valence electrons. The van der Waals surface area contributed by atoms with Crippen molar-refractivity contribution in [2.24, 2.45) is 11.8 Å². The van der Waals surface area contributed by atoms with Gasteiger partial charge in [-0.05, 0) is 49.8 Å². The molecule has 1 saturated carbocycles. The quantitative estimate of drug-likeness (QED) is 0.150. The Morgan fingerprint density at radius 1 is 1.14 bits per heavy atom. The fourth-order valence-corrected chi connectivity index (χ4v) is 6.97. The average Bonchev–Trinajstić information content (AvgIpc) is 2.95. The molecule has 0 saturated heterocycles. The highest BCUT2D eigenvalue weighted by molar-refractivity contribution is 7.54. The number of aliphatic hydroxyl groups excluding tert-OH is 1. The van der Waals surface area contributed by atoms with E-state index in [0.717, 1.165) is 25.7 Å². The van der Waals surface area contributed by atoms with Crippen LogP contribution in [0.5, 0.6) is 0 Å². The van der Waals surface area contributed by atoms with Crippen LogP contribution in [0.3, 0.4) is 0 Å². The number of halogens is 1. The number of carbonyl (C=O) groups is 3. The van der Waals surface area contributed by atoms with Crippen LogP contribution in [0, 0.1) is 11.8 Å². The standard InChI is InChI=1S/C29H47ClN3O9P/c1-6-41-43(39,42-7-2)27(36)29(38,16-15-25(34)33(4)5)32-26(35)24(18-21-13-11-20(3)12-14-21)31-28(37)40-19-22-9-8-10-23(30)17-22/h8-10,17,20-21,24,27,36,38H,6-7,11-16,18-19H2,1-5H3,(H,31,37)(H,32,35). The number of hydrogen-bond acceptors (Lipinski definition) is 9. The van der Waals surface area contributed by atoms with E-state index in [1.807, 2.05) is 0 Å². The van der Waals surface area contributed by atoms with Gasteiger partial charge in [-0.15, -0.1) is 0 Å². The smallest absolute Gasteiger partial charge is 0.408 e. The summed E-state index contributed by atoms with van der Waals surface area (Å²) in [6.07, 6.45) is 2.19. The van der Waals surface area contributed by atoms with Gasteiger partial charge in [-0.2, -0.15) is 0 Å². The molecule has 12 nitrogen and oxygen atoms in total. The molecule has 1 aromatic rings. The van der Waals surface area contributed by atoms with Gasteiger partial charge in [0.25, 0.3) is 0 Å². The number of amides is 3. The van der Waals surface area contributed by atoms with Crippen molar-refractivity contribution in [3.8, 4) is 0 Å². The molecule has 0 bridgehead atoms. The van der Waals surface area contributed by atoms with Gasteiger partial charge < -0.3 is 39.5 Å². The monoisotopic (exact) mass is 647 g/mol. The summed E-state index contributed by atoms with van der Waals surface area (Å²) < 4.78 is 29.3. The first kappa shape index (κ1) is 37.0. The van der Waals surface area contributed by atoms with E-state index in [2.05, 4.69) is 17.6 Å². The second-order valence-corrected chi connectivity index (χ2v) is 13.7. The van der Waals surface area contributed by atoms with Crippen molar-refractivity contribution in [2.75, 3.05) is 27.3 Å². The van der Waals surface area contributed by atoms with Crippen molar-refractivity contribution in [3.63, 3.8) is 0 Å². The van der Waals surface area contributed by atoms with Crippen molar-refractivity contribution in [3.05, 3.63) is 34.9 Å². The highest BCUT2D eigenvalue weighted by Crippen LogP contribution is 2.55. The molecule has 1 fully saturated rings. The van der Waals surface area contributed by atoms with E-state index in [0.29, 0.717) is 16.5 Å². The number of rotatable bonds is 16. The highest BCUT2D eigenvalue weighted by atomic mass is 35.5. The maximum Gasteiger partial charge on any atom is 0.408 e. The molecule has 0 heterocycles. The molecule has 1 aliphatic rings. The lowest BCUT2D eigenvalue weighted by atomic mass is 9.80. The molecule has 43 heavy (non-hydrogen) atoms. The molecule has 0 aromatic heterocycles. The minimum absolute atomic E-state index is 0.0944. The molecular weight excluding hydrogens is 601 g/mol. The third-order valence-corrected chi connectivity index (χ3v) is 9.97. The summed E-state index contributed by atoms with van der Waals surface area (Å²) in [5.41, 5.74) is -1.95. The Morgan fingerprint density at radius 3 is 2.33 bits per heavy atom. The van der Waals surface area contributed by atoms with Crippen molar-refractivity contribution in [2.45, 2.75) is 89.9 Å². The Hall–Kier alpha value is -2.21.